The number of carbonyl (C=O) groups is 3. The molecule has 1 unspecified atom stereocenters. The van der Waals surface area contributed by atoms with Crippen LogP contribution in [0.1, 0.15) is 50.7 Å². The molecule has 8 heteroatoms. The SMILES string of the molecule is [B]=CCCC(C(=O)NC)N(C=O)Cc1c(C)cccc1OCC(=O)N(CCC)CCC. The Hall–Kier alpha value is -2.64. The Morgan fingerprint density at radius 1 is 1.23 bits per heavy atom. The molecule has 1 atom stereocenters. The monoisotopic (exact) mass is 428 g/mol. The van der Waals surface area contributed by atoms with Gasteiger partial charge in [-0.15, -0.1) is 0 Å². The molecular weight excluding hydrogens is 393 g/mol. The zero-order valence-corrected chi connectivity index (χ0v) is 19.2. The Kier molecular flexibility index (Phi) is 12.2. The van der Waals surface area contributed by atoms with Gasteiger partial charge in [-0.05, 0) is 12.8 Å². The summed E-state index contributed by atoms with van der Waals surface area (Å²) in [6.45, 7) is 7.50. The summed E-state index contributed by atoms with van der Waals surface area (Å²) in [4.78, 5) is 40.0. The minimum atomic E-state index is -0.652. The number of nitrogens with one attached hydrogen (secondary N) is 1. The zero-order valence-electron chi connectivity index (χ0n) is 19.2. The summed E-state index contributed by atoms with van der Waals surface area (Å²) < 4.78 is 5.89. The molecule has 7 nitrogen and oxygen atoms in total. The number of hydrogen-bond acceptors (Lipinski definition) is 4. The topological polar surface area (TPSA) is 79.0 Å². The molecule has 31 heavy (non-hydrogen) atoms. The molecule has 0 saturated carbocycles. The molecule has 0 bridgehead atoms. The van der Waals surface area contributed by atoms with Crippen LogP contribution >= 0.6 is 0 Å². The number of ether oxygens (including phenoxy) is 1. The molecular formula is C23H35BN3O4. The number of rotatable bonds is 15. The molecule has 1 N–H and O–H groups in total. The molecule has 1 aromatic carbocycles. The first-order valence-electron chi connectivity index (χ1n) is 10.9. The predicted molar refractivity (Wildman–Crippen MR) is 124 cm³/mol. The van der Waals surface area contributed by atoms with E-state index in [4.69, 9.17) is 12.2 Å². The molecule has 0 aliphatic heterocycles. The second kappa shape index (κ2) is 14.4. The van der Waals surface area contributed by atoms with Crippen molar-refractivity contribution in [3.8, 4) is 5.75 Å². The number of carbonyl (C=O) groups excluding carboxylic acids is 3. The van der Waals surface area contributed by atoms with Gasteiger partial charge in [-0.3, -0.25) is 0 Å². The predicted octanol–water partition coefficient (Wildman–Crippen LogP) is 1.85. The molecule has 0 aliphatic carbocycles. The van der Waals surface area contributed by atoms with Crippen molar-refractivity contribution < 1.29 is 19.1 Å². The maximum atomic E-state index is 12.6. The van der Waals surface area contributed by atoms with Gasteiger partial charge in [0.1, 0.15) is 0 Å². The third-order valence-corrected chi connectivity index (χ3v) is 5.09. The summed E-state index contributed by atoms with van der Waals surface area (Å²) >= 11 is 0. The van der Waals surface area contributed by atoms with E-state index >= 15 is 0 Å². The van der Waals surface area contributed by atoms with Crippen molar-refractivity contribution in [1.82, 2.24) is 15.1 Å². The van der Waals surface area contributed by atoms with E-state index in [1.165, 1.54) is 17.9 Å². The Morgan fingerprint density at radius 3 is 2.45 bits per heavy atom. The quantitative estimate of drug-likeness (QED) is 0.342. The van der Waals surface area contributed by atoms with Crippen LogP contribution in [0.2, 0.25) is 0 Å². The smallest absolute Gasteiger partial charge is 0.0637 e. The Morgan fingerprint density at radius 2 is 1.90 bits per heavy atom. The summed E-state index contributed by atoms with van der Waals surface area (Å²) in [5.41, 5.74) is 1.68. The molecule has 1 radical (unpaired) electrons. The molecule has 0 aromatic heterocycles. The fourth-order valence-electron chi connectivity index (χ4n) is 3.42. The first-order valence-corrected chi connectivity index (χ1v) is 10.9. The van der Waals surface area contributed by atoms with Crippen LogP contribution in [-0.4, -0.2) is 74.3 Å². The number of aryl methyl sites for hydroxylation is 1. The number of nitrogens with zero attached hydrogens (tertiary/aromatic N) is 2. The van der Waals surface area contributed by atoms with Gasteiger partial charge in [-0.25, -0.2) is 0 Å². The van der Waals surface area contributed by atoms with Crippen LogP contribution in [0, 0.1) is 6.92 Å². The van der Waals surface area contributed by atoms with E-state index in [9.17, 15) is 14.4 Å². The van der Waals surface area contributed by atoms with Crippen LogP contribution in [0.4, 0.5) is 0 Å². The van der Waals surface area contributed by atoms with E-state index in [1.54, 1.807) is 11.0 Å². The van der Waals surface area contributed by atoms with Crippen molar-refractivity contribution >= 4 is 31.7 Å². The van der Waals surface area contributed by atoms with E-state index in [0.717, 1.165) is 24.0 Å². The van der Waals surface area contributed by atoms with Crippen molar-refractivity contribution in [2.75, 3.05) is 26.7 Å². The summed E-state index contributed by atoms with van der Waals surface area (Å²) in [6.07, 6.45) is 3.35. The second-order valence-electron chi connectivity index (χ2n) is 7.44. The van der Waals surface area contributed by atoms with Gasteiger partial charge in [0.15, 0.2) is 0 Å². The fraction of sp³-hybridized carbons (Fsp3) is 0.565. The molecule has 0 aliphatic rings. The van der Waals surface area contributed by atoms with Crippen LogP contribution in [0.3, 0.4) is 0 Å². The summed E-state index contributed by atoms with van der Waals surface area (Å²) in [6, 6.07) is 4.89. The van der Waals surface area contributed by atoms with Gasteiger partial charge < -0.3 is 0 Å². The summed E-state index contributed by atoms with van der Waals surface area (Å²) in [5, 5.41) is 2.60. The first-order chi connectivity index (χ1) is 14.9. The van der Waals surface area contributed by atoms with Gasteiger partial charge in [0, 0.05) is 13.1 Å². The maximum absolute atomic E-state index is 12.6. The number of benzene rings is 1. The van der Waals surface area contributed by atoms with Crippen LogP contribution in [0.25, 0.3) is 0 Å². The van der Waals surface area contributed by atoms with Crippen LogP contribution in [0.5, 0.6) is 5.75 Å². The average molecular weight is 428 g/mol. The third-order valence-electron chi connectivity index (χ3n) is 5.09. The zero-order chi connectivity index (χ0) is 23.2. The normalized spacial score (nSPS) is 11.3. The Bertz CT molecular complexity index is 736. The Labute approximate surface area is 187 Å². The standard InChI is InChI=1S/C23H35BN3O4/c1-5-13-26(14-6-2)22(29)16-31-21-11-7-9-18(3)19(21)15-27(17-28)20(10-8-12-24)23(30)25-4/h7,9,11-12,17,20H,5-6,8,10,13-16H2,1-4H3,(H,25,30). The van der Waals surface area contributed by atoms with E-state index in [2.05, 4.69) is 5.32 Å². The number of amides is 3. The van der Waals surface area contributed by atoms with E-state index in [-0.39, 0.29) is 25.0 Å². The van der Waals surface area contributed by atoms with Crippen molar-refractivity contribution in [2.24, 2.45) is 0 Å². The van der Waals surface area contributed by atoms with Gasteiger partial charge in [-0.2, -0.15) is 0 Å². The average Bonchev–Trinajstić information content (AvgIpc) is 2.77. The van der Waals surface area contributed by atoms with E-state index in [1.807, 2.05) is 32.9 Å². The van der Waals surface area contributed by atoms with Gasteiger partial charge >= 0.3 is 147 Å². The van der Waals surface area contributed by atoms with Crippen molar-refractivity contribution in [3.63, 3.8) is 0 Å². The molecule has 1 aromatic rings. The van der Waals surface area contributed by atoms with Crippen LogP contribution < -0.4 is 10.1 Å². The fourth-order valence-corrected chi connectivity index (χ4v) is 3.42. The molecule has 169 valence electrons. The van der Waals surface area contributed by atoms with E-state index in [0.29, 0.717) is 38.1 Å². The third kappa shape index (κ3) is 8.19. The van der Waals surface area contributed by atoms with Gasteiger partial charge in [-0.1, -0.05) is 13.8 Å². The second-order valence-corrected chi connectivity index (χ2v) is 7.44. The van der Waals surface area contributed by atoms with Crippen LogP contribution in [-0.2, 0) is 20.9 Å². The minimum absolute atomic E-state index is 0.0647. The molecule has 0 spiro atoms. The summed E-state index contributed by atoms with van der Waals surface area (Å²) in [5.74, 6) is 1.69. The Balaban J connectivity index is 3.04. The minimum Gasteiger partial charge on any atom is -0.0637 e. The van der Waals surface area contributed by atoms with Crippen LogP contribution in [0.15, 0.2) is 18.2 Å². The number of hydrogen-bond donors (Lipinski definition) is 1. The number of likely N-dealkylation sites (N-methyl/N-ethyl adjacent to an activating group) is 1. The van der Waals surface area contributed by atoms with Crippen molar-refractivity contribution in [2.45, 2.75) is 59.0 Å². The molecule has 0 fully saturated rings. The molecule has 0 heterocycles. The van der Waals surface area contributed by atoms with Crippen molar-refractivity contribution in [3.05, 3.63) is 29.3 Å². The van der Waals surface area contributed by atoms with Crippen molar-refractivity contribution in [1.29, 1.82) is 0 Å². The van der Waals surface area contributed by atoms with Gasteiger partial charge in [0.2, 0.25) is 0 Å². The van der Waals surface area contributed by atoms with Gasteiger partial charge in [0.25, 0.3) is 0 Å². The molecule has 0 saturated heterocycles. The molecule has 3 amide bonds. The van der Waals surface area contributed by atoms with E-state index < -0.39 is 6.04 Å². The molecule has 1 rings (SSSR count). The summed E-state index contributed by atoms with van der Waals surface area (Å²) in [7, 11) is 7.02. The first kappa shape index (κ1) is 26.4. The van der Waals surface area contributed by atoms with Gasteiger partial charge in [0.05, 0.1) is 0 Å².